The molecule has 2 aromatic carbocycles. The third-order valence-corrected chi connectivity index (χ3v) is 7.09. The number of nitrogens with one attached hydrogen (secondary N) is 1. The number of carbonyl (C=O) groups excluding carboxylic acids is 3. The quantitative estimate of drug-likeness (QED) is 0.338. The summed E-state index contributed by atoms with van der Waals surface area (Å²) in [6, 6.07) is 12.4. The first-order valence-electron chi connectivity index (χ1n) is 14.9. The van der Waals surface area contributed by atoms with Crippen molar-refractivity contribution in [2.75, 3.05) is 0 Å². The Morgan fingerprint density at radius 1 is 0.860 bits per heavy atom. The van der Waals surface area contributed by atoms with Crippen LogP contribution in [0.1, 0.15) is 84.5 Å². The molecule has 0 aromatic heterocycles. The maximum Gasteiger partial charge on any atom is 0.408 e. The number of nitrogens with zero attached hydrogens (tertiary/aromatic N) is 1. The Kier molecular flexibility index (Phi) is 10.6. The van der Waals surface area contributed by atoms with Crippen molar-refractivity contribution in [3.8, 4) is 0 Å². The number of hydrogen-bond donors (Lipinski definition) is 2. The molecule has 0 heterocycles. The Balaban J connectivity index is 2.19. The lowest BCUT2D eigenvalue weighted by molar-refractivity contribution is -0.171. The normalized spacial score (nSPS) is 15.7. The van der Waals surface area contributed by atoms with E-state index >= 15 is 0 Å². The van der Waals surface area contributed by atoms with E-state index in [1.807, 2.05) is 38.1 Å². The van der Waals surface area contributed by atoms with Crippen LogP contribution in [-0.2, 0) is 36.7 Å². The third-order valence-electron chi connectivity index (χ3n) is 7.09. The molecule has 0 fully saturated rings. The van der Waals surface area contributed by atoms with E-state index < -0.39 is 59.2 Å². The van der Waals surface area contributed by atoms with Gasteiger partial charge in [0, 0.05) is 0 Å². The summed E-state index contributed by atoms with van der Waals surface area (Å²) in [5, 5.41) is 13.3. The highest BCUT2D eigenvalue weighted by molar-refractivity contribution is 5.94. The second-order valence-corrected chi connectivity index (χ2v) is 13.6. The van der Waals surface area contributed by atoms with Crippen LogP contribution in [0.15, 0.2) is 54.6 Å². The molecular weight excluding hydrogens is 548 g/mol. The third kappa shape index (κ3) is 9.30. The number of benzene rings is 2. The molecule has 0 bridgehead atoms. The van der Waals surface area contributed by atoms with Crippen LogP contribution in [-0.4, -0.2) is 57.2 Å². The number of carbonyl (C=O) groups is 4. The topological polar surface area (TPSA) is 122 Å². The van der Waals surface area contributed by atoms with Crippen LogP contribution in [0.3, 0.4) is 0 Å². The zero-order chi connectivity index (χ0) is 32.1. The molecule has 9 nitrogen and oxygen atoms in total. The van der Waals surface area contributed by atoms with Crippen molar-refractivity contribution in [1.82, 2.24) is 10.2 Å². The molecule has 0 radical (unpaired) electrons. The summed E-state index contributed by atoms with van der Waals surface area (Å²) in [4.78, 5) is 56.0. The van der Waals surface area contributed by atoms with Gasteiger partial charge in [0.2, 0.25) is 5.91 Å². The fourth-order valence-corrected chi connectivity index (χ4v) is 5.45. The summed E-state index contributed by atoms with van der Waals surface area (Å²) in [7, 11) is 0. The molecule has 3 atom stereocenters. The fourth-order valence-electron chi connectivity index (χ4n) is 5.45. The number of ether oxygens (including phenoxy) is 2. The lowest BCUT2D eigenvalue weighted by Crippen LogP contribution is -2.59. The van der Waals surface area contributed by atoms with Gasteiger partial charge in [0.25, 0.3) is 0 Å². The Morgan fingerprint density at radius 3 is 1.84 bits per heavy atom. The van der Waals surface area contributed by atoms with Gasteiger partial charge < -0.3 is 24.8 Å². The maximum atomic E-state index is 14.9. The predicted molar refractivity (Wildman–Crippen MR) is 163 cm³/mol. The van der Waals surface area contributed by atoms with Crippen LogP contribution in [0.2, 0.25) is 0 Å². The second-order valence-electron chi connectivity index (χ2n) is 13.6. The van der Waals surface area contributed by atoms with Crippen molar-refractivity contribution in [3.63, 3.8) is 0 Å². The van der Waals surface area contributed by atoms with E-state index in [0.717, 1.165) is 16.0 Å². The molecule has 234 valence electrons. The number of alkyl carbamates (subject to hydrolysis) is 1. The summed E-state index contributed by atoms with van der Waals surface area (Å²) >= 11 is 0. The number of carboxylic acid groups (broad SMARTS) is 1. The van der Waals surface area contributed by atoms with Gasteiger partial charge in [-0.3, -0.25) is 4.79 Å². The highest BCUT2D eigenvalue weighted by Gasteiger charge is 2.47. The zero-order valence-corrected chi connectivity index (χ0v) is 26.5. The van der Waals surface area contributed by atoms with Gasteiger partial charge in [0.05, 0.1) is 0 Å². The minimum absolute atomic E-state index is 0.0806. The first-order chi connectivity index (χ1) is 20.0. The first-order valence-corrected chi connectivity index (χ1v) is 14.9. The Bertz CT molecular complexity index is 1270. The van der Waals surface area contributed by atoms with Crippen LogP contribution in [0.25, 0.3) is 0 Å². The molecule has 1 aliphatic carbocycles. The summed E-state index contributed by atoms with van der Waals surface area (Å²) in [6.07, 6.45) is 0.254. The van der Waals surface area contributed by atoms with Crippen LogP contribution >= 0.6 is 0 Å². The van der Waals surface area contributed by atoms with E-state index in [9.17, 15) is 24.3 Å². The Labute approximate surface area is 254 Å². The molecule has 2 unspecified atom stereocenters. The van der Waals surface area contributed by atoms with Crippen LogP contribution in [0.4, 0.5) is 4.79 Å². The molecule has 3 rings (SSSR count). The molecule has 2 amide bonds. The van der Waals surface area contributed by atoms with Crippen molar-refractivity contribution >= 4 is 23.9 Å². The average molecular weight is 595 g/mol. The summed E-state index contributed by atoms with van der Waals surface area (Å²) in [6.45, 7) is 14.0. The standard InChI is InChI=1S/C34H46N2O7/c1-21(2)18-26(30(38)39)36(28(22-14-10-9-11-15-22)31(40)42-33(3,4)5)29(37)27(35-32(41)43-34(6,7)8)25-19-23-16-12-13-17-24(23)20-25/h9-17,21,25-28H,18-20H2,1-8H3,(H,35,41)(H,38,39)/t26?,27-,28?/m1/s1. The number of fused-ring (bicyclic) bond motifs is 1. The molecule has 1 aliphatic rings. The van der Waals surface area contributed by atoms with Gasteiger partial charge >= 0.3 is 18.0 Å². The lowest BCUT2D eigenvalue weighted by atomic mass is 9.91. The molecule has 2 aromatic rings. The van der Waals surface area contributed by atoms with E-state index in [4.69, 9.17) is 9.47 Å². The summed E-state index contributed by atoms with van der Waals surface area (Å²) in [5.41, 5.74) is 0.765. The number of carboxylic acids is 1. The monoisotopic (exact) mass is 594 g/mol. The van der Waals surface area contributed by atoms with Crippen LogP contribution < -0.4 is 5.32 Å². The summed E-state index contributed by atoms with van der Waals surface area (Å²) < 4.78 is 11.3. The maximum absolute atomic E-state index is 14.9. The van der Waals surface area contributed by atoms with Crippen LogP contribution in [0, 0.1) is 11.8 Å². The molecule has 0 saturated heterocycles. The highest BCUT2D eigenvalue weighted by atomic mass is 16.6. The SMILES string of the molecule is CC(C)CC(C(=O)O)N(C(=O)[C@H](NC(=O)OC(C)(C)C)C1Cc2ccccc2C1)C(C(=O)OC(C)(C)C)c1ccccc1. The second kappa shape index (κ2) is 13.6. The fraction of sp³-hybridized carbons (Fsp3) is 0.529. The largest absolute Gasteiger partial charge is 0.480 e. The van der Waals surface area contributed by atoms with Crippen molar-refractivity contribution < 1.29 is 33.8 Å². The Morgan fingerprint density at radius 2 is 1.37 bits per heavy atom. The number of aliphatic carboxylic acids is 1. The van der Waals surface area contributed by atoms with E-state index in [0.29, 0.717) is 18.4 Å². The van der Waals surface area contributed by atoms with E-state index in [1.165, 1.54) is 0 Å². The Hall–Kier alpha value is -3.88. The van der Waals surface area contributed by atoms with Crippen molar-refractivity contribution in [1.29, 1.82) is 0 Å². The smallest absolute Gasteiger partial charge is 0.408 e. The minimum Gasteiger partial charge on any atom is -0.480 e. The van der Waals surface area contributed by atoms with Gasteiger partial charge in [-0.25, -0.2) is 14.4 Å². The van der Waals surface area contributed by atoms with Gasteiger partial charge in [0.15, 0.2) is 6.04 Å². The summed E-state index contributed by atoms with van der Waals surface area (Å²) in [5.74, 6) is -3.22. The molecule has 0 spiro atoms. The minimum atomic E-state index is -1.38. The number of hydrogen-bond acceptors (Lipinski definition) is 6. The highest BCUT2D eigenvalue weighted by Crippen LogP contribution is 2.34. The first kappa shape index (κ1) is 33.6. The van der Waals surface area contributed by atoms with Crippen LogP contribution in [0.5, 0.6) is 0 Å². The molecule has 0 aliphatic heterocycles. The van der Waals surface area contributed by atoms with E-state index in [1.54, 1.807) is 71.9 Å². The average Bonchev–Trinajstić information content (AvgIpc) is 3.31. The number of rotatable bonds is 10. The number of amides is 2. The zero-order valence-electron chi connectivity index (χ0n) is 26.5. The lowest BCUT2D eigenvalue weighted by Gasteiger charge is -2.40. The van der Waals surface area contributed by atoms with Gasteiger partial charge in [-0.15, -0.1) is 0 Å². The molecule has 2 N–H and O–H groups in total. The van der Waals surface area contributed by atoms with Gasteiger partial charge in [-0.2, -0.15) is 0 Å². The predicted octanol–water partition coefficient (Wildman–Crippen LogP) is 5.71. The van der Waals surface area contributed by atoms with E-state index in [2.05, 4.69) is 5.32 Å². The van der Waals surface area contributed by atoms with E-state index in [-0.39, 0.29) is 12.3 Å². The van der Waals surface area contributed by atoms with Gasteiger partial charge in [-0.05, 0) is 89.3 Å². The van der Waals surface area contributed by atoms with Crippen molar-refractivity contribution in [3.05, 3.63) is 71.3 Å². The van der Waals surface area contributed by atoms with Crippen molar-refractivity contribution in [2.45, 2.75) is 104 Å². The molecular formula is C34H46N2O7. The van der Waals surface area contributed by atoms with Gasteiger partial charge in [0.1, 0.15) is 23.3 Å². The van der Waals surface area contributed by atoms with Gasteiger partial charge in [-0.1, -0.05) is 68.4 Å². The molecule has 43 heavy (non-hydrogen) atoms. The molecule has 0 saturated carbocycles. The van der Waals surface area contributed by atoms with Crippen molar-refractivity contribution in [2.24, 2.45) is 11.8 Å². The molecule has 9 heteroatoms. The number of esters is 1.